The molecule has 0 aliphatic carbocycles. The Labute approximate surface area is 108 Å². The number of aromatic nitrogens is 4. The Kier molecular flexibility index (Phi) is 3.88. The number of carbonyl (C=O) groups excluding carboxylic acids is 1. The fourth-order valence-corrected chi connectivity index (χ4v) is 2.19. The second-order valence-corrected chi connectivity index (χ2v) is 4.73. The Morgan fingerprint density at radius 2 is 2.44 bits per heavy atom. The molecule has 0 atom stereocenters. The van der Waals surface area contributed by atoms with Crippen LogP contribution in [0, 0.1) is 6.92 Å². The zero-order chi connectivity index (χ0) is 13.0. The maximum absolute atomic E-state index is 11.6. The van der Waals surface area contributed by atoms with Crippen molar-refractivity contribution in [1.29, 1.82) is 0 Å². The first-order valence-corrected chi connectivity index (χ1v) is 6.34. The molecule has 2 aromatic heterocycles. The number of amides is 1. The molecule has 7 nitrogen and oxygen atoms in total. The molecule has 0 saturated heterocycles. The molecule has 3 N–H and O–H groups in total. The lowest BCUT2D eigenvalue weighted by molar-refractivity contribution is -0.121. The summed E-state index contributed by atoms with van der Waals surface area (Å²) in [6.07, 6.45) is 2.17. The van der Waals surface area contributed by atoms with Crippen LogP contribution < -0.4 is 11.1 Å². The maximum Gasteiger partial charge on any atom is 0.241 e. The van der Waals surface area contributed by atoms with E-state index in [9.17, 15) is 4.79 Å². The monoisotopic (exact) mass is 266 g/mol. The van der Waals surface area contributed by atoms with E-state index in [4.69, 9.17) is 5.73 Å². The number of hydrogen-bond donors (Lipinski definition) is 2. The van der Waals surface area contributed by atoms with Gasteiger partial charge in [-0.1, -0.05) is 0 Å². The smallest absolute Gasteiger partial charge is 0.241 e. The number of aryl methyl sites for hydroxylation is 1. The number of nitrogens with one attached hydrogen (secondary N) is 1. The predicted octanol–water partition coefficient (Wildman–Crippen LogP) is -0.0159. The van der Waals surface area contributed by atoms with Gasteiger partial charge in [-0.2, -0.15) is 0 Å². The summed E-state index contributed by atoms with van der Waals surface area (Å²) in [6, 6.07) is 0. The van der Waals surface area contributed by atoms with Crippen molar-refractivity contribution in [2.75, 3.05) is 12.3 Å². The van der Waals surface area contributed by atoms with E-state index in [1.165, 1.54) is 11.0 Å². The highest BCUT2D eigenvalue weighted by molar-refractivity contribution is 7.09. The van der Waals surface area contributed by atoms with Gasteiger partial charge >= 0.3 is 0 Å². The molecule has 0 fully saturated rings. The van der Waals surface area contributed by atoms with E-state index >= 15 is 0 Å². The van der Waals surface area contributed by atoms with E-state index in [1.54, 1.807) is 11.3 Å². The molecule has 0 saturated carbocycles. The Morgan fingerprint density at radius 1 is 1.61 bits per heavy atom. The molecule has 0 aromatic carbocycles. The molecule has 2 aromatic rings. The van der Waals surface area contributed by atoms with Crippen molar-refractivity contribution in [2.24, 2.45) is 0 Å². The van der Waals surface area contributed by atoms with Crippen molar-refractivity contribution in [3.8, 4) is 0 Å². The molecule has 0 spiro atoms. The summed E-state index contributed by atoms with van der Waals surface area (Å²) in [5, 5.41) is 9.65. The highest BCUT2D eigenvalue weighted by atomic mass is 32.1. The first-order valence-electron chi connectivity index (χ1n) is 5.46. The molecule has 2 heterocycles. The normalized spacial score (nSPS) is 10.5. The number of nitrogens with zero attached hydrogens (tertiary/aromatic N) is 4. The van der Waals surface area contributed by atoms with Crippen LogP contribution >= 0.6 is 11.3 Å². The second kappa shape index (κ2) is 5.58. The van der Waals surface area contributed by atoms with Crippen LogP contribution in [-0.2, 0) is 17.8 Å². The molecule has 0 unspecified atom stereocenters. The molecular weight excluding hydrogens is 252 g/mol. The Morgan fingerprint density at radius 3 is 3.06 bits per heavy atom. The summed E-state index contributed by atoms with van der Waals surface area (Å²) in [4.78, 5) is 19.6. The lowest BCUT2D eigenvalue weighted by atomic mass is 10.4. The fraction of sp³-hybridized carbons (Fsp3) is 0.400. The molecule has 96 valence electrons. The first-order chi connectivity index (χ1) is 8.63. The SMILES string of the molecule is Cc1csc(CCNC(=O)Cn2cnc(N)n2)n1. The number of anilines is 1. The predicted molar refractivity (Wildman–Crippen MR) is 68.0 cm³/mol. The number of thiazole rings is 1. The summed E-state index contributed by atoms with van der Waals surface area (Å²) in [7, 11) is 0. The Hall–Kier alpha value is -1.96. The third-order valence-corrected chi connectivity index (χ3v) is 3.21. The van der Waals surface area contributed by atoms with Crippen LogP contribution in [0.5, 0.6) is 0 Å². The van der Waals surface area contributed by atoms with Crippen LogP contribution in [0.25, 0.3) is 0 Å². The number of rotatable bonds is 5. The van der Waals surface area contributed by atoms with Crippen molar-refractivity contribution in [3.63, 3.8) is 0 Å². The van der Waals surface area contributed by atoms with Gasteiger partial charge in [-0.05, 0) is 6.92 Å². The molecule has 0 bridgehead atoms. The Bertz CT molecular complexity index is 534. The molecule has 18 heavy (non-hydrogen) atoms. The fourth-order valence-electron chi connectivity index (χ4n) is 1.41. The highest BCUT2D eigenvalue weighted by Gasteiger charge is 2.05. The van der Waals surface area contributed by atoms with Crippen LogP contribution in [0.3, 0.4) is 0 Å². The molecule has 0 aliphatic heterocycles. The second-order valence-electron chi connectivity index (χ2n) is 3.78. The minimum atomic E-state index is -0.117. The third-order valence-electron chi connectivity index (χ3n) is 2.19. The third kappa shape index (κ3) is 3.52. The molecule has 0 aliphatic rings. The van der Waals surface area contributed by atoms with E-state index in [-0.39, 0.29) is 18.4 Å². The van der Waals surface area contributed by atoms with Gasteiger partial charge < -0.3 is 11.1 Å². The van der Waals surface area contributed by atoms with Gasteiger partial charge in [0.25, 0.3) is 0 Å². The number of nitrogen functional groups attached to an aromatic ring is 1. The topological polar surface area (TPSA) is 98.7 Å². The van der Waals surface area contributed by atoms with E-state index in [2.05, 4.69) is 20.4 Å². The standard InChI is InChI=1S/C10H14N6OS/c1-7-5-18-9(14-7)2-3-12-8(17)4-16-6-13-10(11)15-16/h5-6H,2-4H2,1H3,(H2,11,15)(H,12,17). The Balaban J connectivity index is 1.72. The highest BCUT2D eigenvalue weighted by Crippen LogP contribution is 2.08. The van der Waals surface area contributed by atoms with E-state index in [0.717, 1.165) is 17.1 Å². The van der Waals surface area contributed by atoms with Gasteiger partial charge in [-0.15, -0.1) is 16.4 Å². The molecule has 2 rings (SSSR count). The van der Waals surface area contributed by atoms with Gasteiger partial charge in [0.05, 0.1) is 5.01 Å². The summed E-state index contributed by atoms with van der Waals surface area (Å²) in [6.45, 7) is 2.64. The van der Waals surface area contributed by atoms with Gasteiger partial charge in [0.15, 0.2) is 0 Å². The number of nitrogens with two attached hydrogens (primary N) is 1. The van der Waals surface area contributed by atoms with E-state index in [0.29, 0.717) is 6.54 Å². The summed E-state index contributed by atoms with van der Waals surface area (Å²) in [5.41, 5.74) is 6.36. The van der Waals surface area contributed by atoms with Crippen molar-refractivity contribution >= 4 is 23.2 Å². The minimum absolute atomic E-state index is 0.117. The molecule has 1 amide bonds. The van der Waals surface area contributed by atoms with Crippen molar-refractivity contribution in [2.45, 2.75) is 19.9 Å². The lowest BCUT2D eigenvalue weighted by Crippen LogP contribution is -2.29. The first kappa shape index (κ1) is 12.5. The quantitative estimate of drug-likeness (QED) is 0.792. The van der Waals surface area contributed by atoms with Crippen molar-refractivity contribution in [1.82, 2.24) is 25.1 Å². The van der Waals surface area contributed by atoms with E-state index < -0.39 is 0 Å². The van der Waals surface area contributed by atoms with Gasteiger partial charge in [-0.3, -0.25) is 4.79 Å². The average molecular weight is 266 g/mol. The molecule has 0 radical (unpaired) electrons. The molecular formula is C10H14N6OS. The van der Waals surface area contributed by atoms with Crippen molar-refractivity contribution in [3.05, 3.63) is 22.4 Å². The maximum atomic E-state index is 11.6. The van der Waals surface area contributed by atoms with Crippen LogP contribution in [0.1, 0.15) is 10.7 Å². The summed E-state index contributed by atoms with van der Waals surface area (Å²) < 4.78 is 1.40. The van der Waals surface area contributed by atoms with Crippen LogP contribution in [0.2, 0.25) is 0 Å². The zero-order valence-electron chi connectivity index (χ0n) is 9.96. The van der Waals surface area contributed by atoms with Crippen LogP contribution in [0.4, 0.5) is 5.95 Å². The van der Waals surface area contributed by atoms with E-state index in [1.807, 2.05) is 12.3 Å². The number of hydrogen-bond acceptors (Lipinski definition) is 6. The zero-order valence-corrected chi connectivity index (χ0v) is 10.8. The average Bonchev–Trinajstić information content (AvgIpc) is 2.88. The number of carbonyl (C=O) groups is 1. The van der Waals surface area contributed by atoms with Crippen molar-refractivity contribution < 1.29 is 4.79 Å². The van der Waals surface area contributed by atoms with Gasteiger partial charge in [0, 0.05) is 24.0 Å². The van der Waals surface area contributed by atoms with Gasteiger partial charge in [-0.25, -0.2) is 14.6 Å². The van der Waals surface area contributed by atoms with Crippen LogP contribution in [-0.4, -0.2) is 32.2 Å². The lowest BCUT2D eigenvalue weighted by Gasteiger charge is -2.03. The van der Waals surface area contributed by atoms with Gasteiger partial charge in [0.2, 0.25) is 11.9 Å². The van der Waals surface area contributed by atoms with Gasteiger partial charge in [0.1, 0.15) is 12.9 Å². The van der Waals surface area contributed by atoms with Crippen LogP contribution in [0.15, 0.2) is 11.7 Å². The largest absolute Gasteiger partial charge is 0.367 e. The minimum Gasteiger partial charge on any atom is -0.367 e. The summed E-state index contributed by atoms with van der Waals surface area (Å²) >= 11 is 1.60. The summed E-state index contributed by atoms with van der Waals surface area (Å²) in [5.74, 6) is 0.0502. The molecule has 8 heteroatoms.